The second-order valence-electron chi connectivity index (χ2n) is 5.22. The number of thiophene rings is 1. The standard InChI is InChI=1S/C13H11F3N4O3S/c14-13(15,16)12-18-10(19-23-12)8-4-3-7(24-8)5-20(6-1-2-6)11(22)9(17)21/h3-4,6H,1-2,5H2,(H2,17,21). The first-order valence-electron chi connectivity index (χ1n) is 6.86. The second-order valence-corrected chi connectivity index (χ2v) is 6.38. The molecule has 2 heterocycles. The van der Waals surface area contributed by atoms with E-state index >= 15 is 0 Å². The number of aromatic nitrogens is 2. The molecule has 0 atom stereocenters. The van der Waals surface area contributed by atoms with Crippen LogP contribution >= 0.6 is 11.3 Å². The molecule has 0 aromatic carbocycles. The number of hydrogen-bond donors (Lipinski definition) is 1. The Kier molecular flexibility index (Phi) is 4.03. The number of halogens is 3. The summed E-state index contributed by atoms with van der Waals surface area (Å²) >= 11 is 1.11. The van der Waals surface area contributed by atoms with Gasteiger partial charge in [-0.3, -0.25) is 9.59 Å². The molecular weight excluding hydrogens is 349 g/mol. The van der Waals surface area contributed by atoms with Crippen molar-refractivity contribution in [1.29, 1.82) is 0 Å². The van der Waals surface area contributed by atoms with Gasteiger partial charge >= 0.3 is 23.9 Å². The van der Waals surface area contributed by atoms with Gasteiger partial charge < -0.3 is 15.2 Å². The van der Waals surface area contributed by atoms with Crippen LogP contribution in [0.25, 0.3) is 10.7 Å². The highest BCUT2D eigenvalue weighted by Crippen LogP contribution is 2.34. The average Bonchev–Trinajstić information content (AvgIpc) is 3.02. The van der Waals surface area contributed by atoms with E-state index in [4.69, 9.17) is 5.73 Å². The summed E-state index contributed by atoms with van der Waals surface area (Å²) in [7, 11) is 0. The van der Waals surface area contributed by atoms with Crippen molar-refractivity contribution in [1.82, 2.24) is 15.0 Å². The van der Waals surface area contributed by atoms with E-state index in [1.807, 2.05) is 0 Å². The third kappa shape index (κ3) is 3.40. The molecule has 0 aliphatic heterocycles. The Bertz CT molecular complexity index is 782. The minimum atomic E-state index is -4.71. The molecule has 0 bridgehead atoms. The Labute approximate surface area is 137 Å². The van der Waals surface area contributed by atoms with E-state index in [2.05, 4.69) is 14.7 Å². The van der Waals surface area contributed by atoms with E-state index in [9.17, 15) is 22.8 Å². The lowest BCUT2D eigenvalue weighted by Crippen LogP contribution is -2.41. The summed E-state index contributed by atoms with van der Waals surface area (Å²) in [6, 6.07) is 3.13. The molecule has 2 aromatic heterocycles. The largest absolute Gasteiger partial charge is 0.471 e. The van der Waals surface area contributed by atoms with E-state index in [0.29, 0.717) is 9.75 Å². The summed E-state index contributed by atoms with van der Waals surface area (Å²) in [5.74, 6) is -3.41. The molecule has 1 saturated carbocycles. The van der Waals surface area contributed by atoms with Gasteiger partial charge in [-0.05, 0) is 25.0 Å². The van der Waals surface area contributed by atoms with E-state index in [-0.39, 0.29) is 18.4 Å². The van der Waals surface area contributed by atoms with Crippen molar-refractivity contribution in [3.8, 4) is 10.7 Å². The zero-order chi connectivity index (χ0) is 17.5. The lowest BCUT2D eigenvalue weighted by atomic mass is 10.3. The van der Waals surface area contributed by atoms with Crippen LogP contribution in [0.3, 0.4) is 0 Å². The van der Waals surface area contributed by atoms with Crippen LogP contribution in [0.1, 0.15) is 23.6 Å². The molecule has 3 rings (SSSR count). The fraction of sp³-hybridized carbons (Fsp3) is 0.385. The third-order valence-electron chi connectivity index (χ3n) is 3.34. The number of rotatable bonds is 4. The summed E-state index contributed by atoms with van der Waals surface area (Å²) in [4.78, 5) is 28.6. The number of carbonyl (C=O) groups excluding carboxylic acids is 2. The molecule has 1 aliphatic carbocycles. The van der Waals surface area contributed by atoms with E-state index < -0.39 is 23.9 Å². The van der Waals surface area contributed by atoms with Crippen molar-refractivity contribution < 1.29 is 27.3 Å². The van der Waals surface area contributed by atoms with Crippen LogP contribution in [-0.4, -0.2) is 32.9 Å². The third-order valence-corrected chi connectivity index (χ3v) is 4.40. The van der Waals surface area contributed by atoms with Gasteiger partial charge in [0.05, 0.1) is 11.4 Å². The molecular formula is C13H11F3N4O3S. The maximum atomic E-state index is 12.5. The summed E-state index contributed by atoms with van der Waals surface area (Å²) in [6.07, 6.45) is -3.13. The molecule has 1 fully saturated rings. The van der Waals surface area contributed by atoms with Gasteiger partial charge in [0, 0.05) is 10.9 Å². The predicted octanol–water partition coefficient (Wildman–Crippen LogP) is 1.79. The number of alkyl halides is 3. The summed E-state index contributed by atoms with van der Waals surface area (Å²) in [5, 5.41) is 3.31. The highest BCUT2D eigenvalue weighted by atomic mass is 32.1. The fourth-order valence-corrected chi connectivity index (χ4v) is 3.02. The predicted molar refractivity (Wildman–Crippen MR) is 75.4 cm³/mol. The summed E-state index contributed by atoms with van der Waals surface area (Å²) in [6.45, 7) is 0.154. The van der Waals surface area contributed by atoms with Crippen LogP contribution in [-0.2, 0) is 22.3 Å². The van der Waals surface area contributed by atoms with Gasteiger partial charge in [0.15, 0.2) is 0 Å². The van der Waals surface area contributed by atoms with Crippen molar-refractivity contribution in [3.63, 3.8) is 0 Å². The van der Waals surface area contributed by atoms with Crippen LogP contribution in [0.15, 0.2) is 16.7 Å². The van der Waals surface area contributed by atoms with E-state index in [0.717, 1.165) is 24.2 Å². The maximum absolute atomic E-state index is 12.5. The number of amides is 2. The van der Waals surface area contributed by atoms with E-state index in [1.165, 1.54) is 11.0 Å². The first-order valence-corrected chi connectivity index (χ1v) is 7.67. The van der Waals surface area contributed by atoms with Gasteiger partial charge in [-0.15, -0.1) is 11.3 Å². The fourth-order valence-electron chi connectivity index (χ4n) is 2.08. The molecule has 0 unspecified atom stereocenters. The number of nitrogens with two attached hydrogens (primary N) is 1. The molecule has 128 valence electrons. The van der Waals surface area contributed by atoms with Gasteiger partial charge in [-0.2, -0.15) is 18.2 Å². The Balaban J connectivity index is 1.76. The minimum Gasteiger partial charge on any atom is -0.361 e. The number of nitrogens with zero attached hydrogens (tertiary/aromatic N) is 3. The number of hydrogen-bond acceptors (Lipinski definition) is 6. The highest BCUT2D eigenvalue weighted by molar-refractivity contribution is 7.15. The molecule has 24 heavy (non-hydrogen) atoms. The molecule has 0 spiro atoms. The van der Waals surface area contributed by atoms with Gasteiger partial charge in [0.2, 0.25) is 5.82 Å². The first-order chi connectivity index (χ1) is 11.3. The van der Waals surface area contributed by atoms with Crippen molar-refractivity contribution >= 4 is 23.2 Å². The van der Waals surface area contributed by atoms with Crippen molar-refractivity contribution in [2.45, 2.75) is 31.6 Å². The SMILES string of the molecule is NC(=O)C(=O)N(Cc1ccc(-c2noc(C(F)(F)F)n2)s1)C1CC1. The van der Waals surface area contributed by atoms with Gasteiger partial charge in [-0.25, -0.2) is 0 Å². The molecule has 2 amide bonds. The Morgan fingerprint density at radius 3 is 2.62 bits per heavy atom. The Morgan fingerprint density at radius 2 is 2.08 bits per heavy atom. The first kappa shape index (κ1) is 16.4. The maximum Gasteiger partial charge on any atom is 0.471 e. The molecule has 11 heteroatoms. The zero-order valence-electron chi connectivity index (χ0n) is 12.0. The van der Waals surface area contributed by atoms with Crippen LogP contribution in [0.4, 0.5) is 13.2 Å². The number of carbonyl (C=O) groups is 2. The molecule has 2 aromatic rings. The lowest BCUT2D eigenvalue weighted by molar-refractivity contribution is -0.159. The molecule has 1 aliphatic rings. The van der Waals surface area contributed by atoms with Gasteiger partial charge in [0.1, 0.15) is 0 Å². The van der Waals surface area contributed by atoms with Gasteiger partial charge in [0.25, 0.3) is 0 Å². The monoisotopic (exact) mass is 360 g/mol. The number of primary amides is 1. The van der Waals surface area contributed by atoms with Crippen molar-refractivity contribution in [2.75, 3.05) is 0 Å². The summed E-state index contributed by atoms with van der Waals surface area (Å²) in [5.41, 5.74) is 5.03. The topological polar surface area (TPSA) is 102 Å². The smallest absolute Gasteiger partial charge is 0.361 e. The van der Waals surface area contributed by atoms with Crippen molar-refractivity contribution in [3.05, 3.63) is 22.9 Å². The Morgan fingerprint density at radius 1 is 1.38 bits per heavy atom. The average molecular weight is 360 g/mol. The minimum absolute atomic E-state index is 0.0300. The van der Waals surface area contributed by atoms with E-state index in [1.54, 1.807) is 6.07 Å². The Hall–Kier alpha value is -2.43. The molecule has 0 radical (unpaired) electrons. The van der Waals surface area contributed by atoms with Gasteiger partial charge in [-0.1, -0.05) is 5.16 Å². The second kappa shape index (κ2) is 5.89. The highest BCUT2D eigenvalue weighted by Gasteiger charge is 2.39. The quantitative estimate of drug-likeness (QED) is 0.838. The zero-order valence-corrected chi connectivity index (χ0v) is 12.9. The normalized spacial score (nSPS) is 14.6. The van der Waals surface area contributed by atoms with Crippen LogP contribution in [0.5, 0.6) is 0 Å². The van der Waals surface area contributed by atoms with Crippen LogP contribution < -0.4 is 5.73 Å². The summed E-state index contributed by atoms with van der Waals surface area (Å²) < 4.78 is 41.6. The molecule has 2 N–H and O–H groups in total. The van der Waals surface area contributed by atoms with Crippen LogP contribution in [0, 0.1) is 0 Å². The molecule has 0 saturated heterocycles. The molecule has 7 nitrogen and oxygen atoms in total. The van der Waals surface area contributed by atoms with Crippen LogP contribution in [0.2, 0.25) is 0 Å². The lowest BCUT2D eigenvalue weighted by Gasteiger charge is -2.19. The van der Waals surface area contributed by atoms with Crippen molar-refractivity contribution in [2.24, 2.45) is 5.73 Å².